The highest BCUT2D eigenvalue weighted by Crippen LogP contribution is 2.23. The Kier molecular flexibility index (Phi) is 9.88. The van der Waals surface area contributed by atoms with E-state index in [1.807, 2.05) is 84.9 Å². The number of benzene rings is 3. The highest BCUT2D eigenvalue weighted by molar-refractivity contribution is 7.99. The standard InChI is InChI=1S/C30H33ClN2O2S/c31-27-18-10-7-15-25(27)21-36-22-29(34)33(20-24-13-5-2-6-14-24)28(19-23-11-3-1-4-12-23)30(35)32-26-16-8-9-17-26/h1-7,10-15,18,26,28H,8-9,16-17,19-22H2,(H,32,35)/t28-/m1/s1. The Bertz CT molecular complexity index is 1120. The second-order valence-corrected chi connectivity index (χ2v) is 10.7. The maximum absolute atomic E-state index is 13.7. The molecule has 1 saturated carbocycles. The maximum atomic E-state index is 13.7. The molecule has 2 amide bonds. The van der Waals surface area contributed by atoms with Crippen molar-refractivity contribution < 1.29 is 9.59 Å². The average Bonchev–Trinajstić information content (AvgIpc) is 3.41. The van der Waals surface area contributed by atoms with Gasteiger partial charge < -0.3 is 10.2 Å². The fourth-order valence-electron chi connectivity index (χ4n) is 4.65. The Labute approximate surface area is 223 Å². The molecule has 0 aliphatic heterocycles. The van der Waals surface area contributed by atoms with Gasteiger partial charge in [0.1, 0.15) is 6.04 Å². The lowest BCUT2D eigenvalue weighted by Gasteiger charge is -2.32. The first-order valence-corrected chi connectivity index (χ1v) is 14.1. The molecule has 0 radical (unpaired) electrons. The Morgan fingerprint density at radius 2 is 1.50 bits per heavy atom. The highest BCUT2D eigenvalue weighted by Gasteiger charge is 2.32. The van der Waals surface area contributed by atoms with Gasteiger partial charge in [-0.3, -0.25) is 9.59 Å². The Hall–Kier alpha value is -2.76. The van der Waals surface area contributed by atoms with Crippen LogP contribution in [-0.2, 0) is 28.3 Å². The van der Waals surface area contributed by atoms with Crippen LogP contribution in [0.2, 0.25) is 5.02 Å². The zero-order chi connectivity index (χ0) is 25.2. The summed E-state index contributed by atoms with van der Waals surface area (Å²) in [6.45, 7) is 0.391. The third kappa shape index (κ3) is 7.62. The second kappa shape index (κ2) is 13.5. The molecule has 0 saturated heterocycles. The number of hydrogen-bond acceptors (Lipinski definition) is 3. The lowest BCUT2D eigenvalue weighted by Crippen LogP contribution is -2.52. The first kappa shape index (κ1) is 26.3. The van der Waals surface area contributed by atoms with E-state index in [-0.39, 0.29) is 23.6 Å². The van der Waals surface area contributed by atoms with Crippen molar-refractivity contribution >= 4 is 35.2 Å². The molecule has 3 aromatic rings. The highest BCUT2D eigenvalue weighted by atomic mass is 35.5. The number of carbonyl (C=O) groups is 2. The minimum atomic E-state index is -0.582. The summed E-state index contributed by atoms with van der Waals surface area (Å²) in [5, 5.41) is 3.96. The number of rotatable bonds is 11. The van der Waals surface area contributed by atoms with Crippen LogP contribution >= 0.6 is 23.4 Å². The summed E-state index contributed by atoms with van der Waals surface area (Å²) in [5.74, 6) is 0.812. The normalized spacial score (nSPS) is 14.4. The smallest absolute Gasteiger partial charge is 0.243 e. The molecule has 0 spiro atoms. The Morgan fingerprint density at radius 3 is 2.17 bits per heavy atom. The van der Waals surface area contributed by atoms with Crippen molar-refractivity contribution in [3.8, 4) is 0 Å². The van der Waals surface area contributed by atoms with Gasteiger partial charge in [-0.05, 0) is 35.6 Å². The molecule has 0 aromatic heterocycles. The largest absolute Gasteiger partial charge is 0.352 e. The number of amides is 2. The molecule has 1 aliphatic carbocycles. The fraction of sp³-hybridized carbons (Fsp3) is 0.333. The summed E-state index contributed by atoms with van der Waals surface area (Å²) >= 11 is 7.84. The van der Waals surface area contributed by atoms with E-state index in [9.17, 15) is 9.59 Å². The van der Waals surface area contributed by atoms with Gasteiger partial charge in [-0.2, -0.15) is 0 Å². The number of thioether (sulfide) groups is 1. The average molecular weight is 521 g/mol. The molecule has 4 rings (SSSR count). The van der Waals surface area contributed by atoms with Gasteiger partial charge in [0.25, 0.3) is 0 Å². The molecule has 3 aromatic carbocycles. The number of halogens is 1. The molecule has 1 atom stereocenters. The van der Waals surface area contributed by atoms with Gasteiger partial charge in [-0.25, -0.2) is 0 Å². The molecule has 1 aliphatic rings. The summed E-state index contributed by atoms with van der Waals surface area (Å²) in [6.07, 6.45) is 4.76. The molecule has 1 N–H and O–H groups in total. The monoisotopic (exact) mass is 520 g/mol. The van der Waals surface area contributed by atoms with E-state index in [4.69, 9.17) is 11.6 Å². The topological polar surface area (TPSA) is 49.4 Å². The molecule has 0 unspecified atom stereocenters. The summed E-state index contributed by atoms with van der Waals surface area (Å²) in [5.41, 5.74) is 3.05. The SMILES string of the molecule is O=C(NC1CCCC1)[C@@H](Cc1ccccc1)N(Cc1ccccc1)C(=O)CSCc1ccccc1Cl. The molecule has 1 fully saturated rings. The molecule has 0 bridgehead atoms. The maximum Gasteiger partial charge on any atom is 0.243 e. The molecular weight excluding hydrogens is 488 g/mol. The van der Waals surface area contributed by atoms with E-state index >= 15 is 0 Å². The van der Waals surface area contributed by atoms with Gasteiger partial charge in [0.05, 0.1) is 5.75 Å². The van der Waals surface area contributed by atoms with Crippen LogP contribution in [0.4, 0.5) is 0 Å². The van der Waals surface area contributed by atoms with Crippen LogP contribution in [-0.4, -0.2) is 34.6 Å². The summed E-state index contributed by atoms with van der Waals surface area (Å²) in [7, 11) is 0. The minimum absolute atomic E-state index is 0.0431. The lowest BCUT2D eigenvalue weighted by molar-refractivity contribution is -0.139. The van der Waals surface area contributed by atoms with Crippen LogP contribution in [0.3, 0.4) is 0 Å². The van der Waals surface area contributed by atoms with Gasteiger partial charge >= 0.3 is 0 Å². The van der Waals surface area contributed by atoms with Crippen molar-refractivity contribution in [2.75, 3.05) is 5.75 Å². The third-order valence-electron chi connectivity index (χ3n) is 6.61. The van der Waals surface area contributed by atoms with Gasteiger partial charge in [0.2, 0.25) is 11.8 Å². The van der Waals surface area contributed by atoms with E-state index in [2.05, 4.69) is 5.32 Å². The molecule has 0 heterocycles. The zero-order valence-electron chi connectivity index (χ0n) is 20.4. The van der Waals surface area contributed by atoms with Crippen molar-refractivity contribution in [3.05, 3.63) is 107 Å². The van der Waals surface area contributed by atoms with E-state index in [1.54, 1.807) is 4.90 Å². The molecule has 36 heavy (non-hydrogen) atoms. The predicted octanol–water partition coefficient (Wildman–Crippen LogP) is 6.27. The van der Waals surface area contributed by atoms with Crippen molar-refractivity contribution in [2.24, 2.45) is 0 Å². The van der Waals surface area contributed by atoms with Gasteiger partial charge in [0.15, 0.2) is 0 Å². The molecule has 188 valence electrons. The fourth-order valence-corrected chi connectivity index (χ4v) is 5.84. The molecular formula is C30H33ClN2O2S. The van der Waals surface area contributed by atoms with Crippen LogP contribution in [0.15, 0.2) is 84.9 Å². The van der Waals surface area contributed by atoms with Crippen molar-refractivity contribution in [1.29, 1.82) is 0 Å². The van der Waals surface area contributed by atoms with Crippen LogP contribution in [0.5, 0.6) is 0 Å². The second-order valence-electron chi connectivity index (χ2n) is 9.29. The van der Waals surface area contributed by atoms with Gasteiger partial charge in [-0.1, -0.05) is 103 Å². The number of carbonyl (C=O) groups excluding carboxylic acids is 2. The van der Waals surface area contributed by atoms with Crippen molar-refractivity contribution in [1.82, 2.24) is 10.2 Å². The quantitative estimate of drug-likeness (QED) is 0.324. The van der Waals surface area contributed by atoms with E-state index < -0.39 is 6.04 Å². The predicted molar refractivity (Wildman–Crippen MR) is 149 cm³/mol. The minimum Gasteiger partial charge on any atom is -0.352 e. The van der Waals surface area contributed by atoms with Crippen LogP contribution in [0.25, 0.3) is 0 Å². The molecule has 6 heteroatoms. The van der Waals surface area contributed by atoms with Crippen molar-refractivity contribution in [2.45, 2.75) is 56.5 Å². The Morgan fingerprint density at radius 1 is 0.889 bits per heavy atom. The van der Waals surface area contributed by atoms with E-state index in [0.717, 1.165) is 42.4 Å². The number of hydrogen-bond donors (Lipinski definition) is 1. The van der Waals surface area contributed by atoms with E-state index in [1.165, 1.54) is 11.8 Å². The lowest BCUT2D eigenvalue weighted by atomic mass is 10.0. The van der Waals surface area contributed by atoms with Crippen LogP contribution in [0.1, 0.15) is 42.4 Å². The number of nitrogens with zero attached hydrogens (tertiary/aromatic N) is 1. The van der Waals surface area contributed by atoms with E-state index in [0.29, 0.717) is 23.7 Å². The number of nitrogens with one attached hydrogen (secondary N) is 1. The van der Waals surface area contributed by atoms with Gasteiger partial charge in [-0.15, -0.1) is 11.8 Å². The molecule has 4 nitrogen and oxygen atoms in total. The van der Waals surface area contributed by atoms with Crippen LogP contribution < -0.4 is 5.32 Å². The summed E-state index contributed by atoms with van der Waals surface area (Å²) in [6, 6.07) is 27.2. The van der Waals surface area contributed by atoms with Gasteiger partial charge in [0, 0.05) is 29.8 Å². The zero-order valence-corrected chi connectivity index (χ0v) is 22.0. The van der Waals surface area contributed by atoms with Crippen molar-refractivity contribution in [3.63, 3.8) is 0 Å². The van der Waals surface area contributed by atoms with Crippen LogP contribution in [0, 0.1) is 0 Å². The Balaban J connectivity index is 1.55. The first-order chi connectivity index (χ1) is 17.6. The first-order valence-electron chi connectivity index (χ1n) is 12.6. The third-order valence-corrected chi connectivity index (χ3v) is 7.94. The summed E-state index contributed by atoms with van der Waals surface area (Å²) < 4.78 is 0. The summed E-state index contributed by atoms with van der Waals surface area (Å²) in [4.78, 5) is 29.1.